The zero-order valence-corrected chi connectivity index (χ0v) is 17.1. The maximum absolute atomic E-state index is 13.9. The first-order valence-electron chi connectivity index (χ1n) is 8.96. The Hall–Kier alpha value is 0.462. The summed E-state index contributed by atoms with van der Waals surface area (Å²) in [5.41, 5.74) is 2.91. The summed E-state index contributed by atoms with van der Waals surface area (Å²) in [6.45, 7) is 0. The van der Waals surface area contributed by atoms with E-state index in [-0.39, 0.29) is 20.4 Å². The van der Waals surface area contributed by atoms with E-state index in [9.17, 15) is 8.78 Å². The predicted molar refractivity (Wildman–Crippen MR) is 96.8 cm³/mol. The first-order valence-corrected chi connectivity index (χ1v) is 11.4. The van der Waals surface area contributed by atoms with E-state index in [0.29, 0.717) is 11.3 Å². The van der Waals surface area contributed by atoms with Gasteiger partial charge in [0.15, 0.2) is 0 Å². The second-order valence-electron chi connectivity index (χ2n) is 7.14. The van der Waals surface area contributed by atoms with E-state index in [1.807, 2.05) is 5.62 Å². The Bertz CT molecular complexity index is 490. The van der Waals surface area contributed by atoms with Crippen molar-refractivity contribution in [2.75, 3.05) is 0 Å². The van der Waals surface area contributed by atoms with Crippen molar-refractivity contribution in [3.05, 3.63) is 35.5 Å². The van der Waals surface area contributed by atoms with Crippen molar-refractivity contribution in [3.8, 4) is 0 Å². The number of hydrogen-bond donors (Lipinski definition) is 0. The van der Waals surface area contributed by atoms with Crippen LogP contribution in [-0.4, -0.2) is 11.3 Å². The molecule has 0 aromatic heterocycles. The molecule has 0 spiro atoms. The first kappa shape index (κ1) is 20.8. The van der Waals surface area contributed by atoms with Gasteiger partial charge in [-0.1, -0.05) is 25.7 Å². The third-order valence-corrected chi connectivity index (χ3v) is 11.7. The van der Waals surface area contributed by atoms with E-state index >= 15 is 0 Å². The number of hydrogen-bond acceptors (Lipinski definition) is 0. The summed E-state index contributed by atoms with van der Waals surface area (Å²) in [4.78, 5) is 0. The van der Waals surface area contributed by atoms with Crippen molar-refractivity contribution in [2.45, 2.75) is 75.5 Å². The maximum atomic E-state index is 13.9. The third-order valence-electron chi connectivity index (χ3n) is 5.81. The van der Waals surface area contributed by atoms with Gasteiger partial charge < -0.3 is 11.6 Å². The van der Waals surface area contributed by atoms with Crippen LogP contribution in [0, 0.1) is 17.3 Å². The molecule has 2 fully saturated rings. The molecule has 0 unspecified atom stereocenters. The van der Waals surface area contributed by atoms with Crippen LogP contribution in [0.5, 0.6) is 0 Å². The van der Waals surface area contributed by atoms with E-state index in [1.165, 1.54) is 38.5 Å². The standard InChI is InChI=1S/C19H26ClF2P.Pd/c20-14-23(17-7-3-1-4-8-17,18-9-5-2-6-10-18)19-12-15(21)11-16(22)13-19;/h11-14,17-18H,1-10H2;. The zero-order valence-electron chi connectivity index (χ0n) is 13.9. The average molecular weight is 465 g/mol. The minimum Gasteiger partial charge on any atom is -0.304 e. The summed E-state index contributed by atoms with van der Waals surface area (Å²) in [6, 6.07) is 4.12. The molecule has 0 atom stereocenters. The summed E-state index contributed by atoms with van der Waals surface area (Å²) in [5, 5.41) is 0.865. The van der Waals surface area contributed by atoms with Gasteiger partial charge in [-0.25, -0.2) is 8.78 Å². The molecule has 0 nitrogen and oxygen atoms in total. The fourth-order valence-corrected chi connectivity index (χ4v) is 11.0. The minimum absolute atomic E-state index is 0. The fourth-order valence-electron chi connectivity index (χ4n) is 4.71. The number of rotatable bonds is 4. The first-order chi connectivity index (χ1) is 11.2. The van der Waals surface area contributed by atoms with Gasteiger partial charge in [0, 0.05) is 49.9 Å². The van der Waals surface area contributed by atoms with Gasteiger partial charge in [0.05, 0.1) is 5.30 Å². The van der Waals surface area contributed by atoms with E-state index in [1.54, 1.807) is 12.1 Å². The van der Waals surface area contributed by atoms with Gasteiger partial charge in [-0.15, -0.1) is 0 Å². The molecular formula is C19H26ClF2PPd. The smallest absolute Gasteiger partial charge is 0.129 e. The molecule has 0 bridgehead atoms. The van der Waals surface area contributed by atoms with E-state index in [2.05, 4.69) is 0 Å². The molecule has 3 rings (SSSR count). The zero-order chi connectivity index (χ0) is 16.3. The molecule has 0 saturated heterocycles. The summed E-state index contributed by atoms with van der Waals surface area (Å²) in [5.74, 6) is -0.927. The topological polar surface area (TPSA) is 0 Å². The average Bonchev–Trinajstić information content (AvgIpc) is 2.57. The van der Waals surface area contributed by atoms with Crippen molar-refractivity contribution < 1.29 is 29.2 Å². The normalized spacial score (nSPS) is 20.6. The van der Waals surface area contributed by atoms with Crippen LogP contribution < -0.4 is 5.30 Å². The van der Waals surface area contributed by atoms with Gasteiger partial charge >= 0.3 is 0 Å². The second-order valence-corrected chi connectivity index (χ2v) is 11.6. The van der Waals surface area contributed by atoms with E-state index < -0.39 is 18.9 Å². The molecule has 24 heavy (non-hydrogen) atoms. The molecule has 2 aliphatic carbocycles. The van der Waals surface area contributed by atoms with Crippen molar-refractivity contribution in [1.29, 1.82) is 0 Å². The Morgan fingerprint density at radius 1 is 0.792 bits per heavy atom. The molecule has 1 aromatic carbocycles. The molecule has 0 heterocycles. The summed E-state index contributed by atoms with van der Waals surface area (Å²) in [6.07, 6.45) is 12.1. The molecule has 5 heteroatoms. The van der Waals surface area contributed by atoms with Crippen LogP contribution in [0.4, 0.5) is 8.78 Å². The van der Waals surface area contributed by atoms with Gasteiger partial charge in [0.1, 0.15) is 11.6 Å². The summed E-state index contributed by atoms with van der Waals surface area (Å²) >= 11 is 6.51. The van der Waals surface area contributed by atoms with Crippen molar-refractivity contribution >= 4 is 24.2 Å². The van der Waals surface area contributed by atoms with Crippen LogP contribution in [0.1, 0.15) is 64.2 Å². The van der Waals surface area contributed by atoms with Gasteiger partial charge in [-0.3, -0.25) is 0 Å². The molecule has 2 aliphatic rings. The van der Waals surface area contributed by atoms with Crippen molar-refractivity contribution in [2.24, 2.45) is 0 Å². The molecule has 138 valence electrons. The Morgan fingerprint density at radius 3 is 1.58 bits per heavy atom. The number of halogens is 3. The van der Waals surface area contributed by atoms with Crippen LogP contribution in [0.3, 0.4) is 0 Å². The fraction of sp³-hybridized carbons (Fsp3) is 0.632. The van der Waals surface area contributed by atoms with Gasteiger partial charge in [-0.2, -0.15) is 0 Å². The maximum Gasteiger partial charge on any atom is 0.129 e. The van der Waals surface area contributed by atoms with Crippen LogP contribution in [-0.2, 0) is 20.4 Å². The molecule has 0 amide bonds. The second kappa shape index (κ2) is 9.41. The van der Waals surface area contributed by atoms with Gasteiger partial charge in [0.25, 0.3) is 0 Å². The Labute approximate surface area is 164 Å². The monoisotopic (exact) mass is 464 g/mol. The molecule has 1 aromatic rings. The van der Waals surface area contributed by atoms with Gasteiger partial charge in [0.2, 0.25) is 0 Å². The third kappa shape index (κ3) is 4.23. The quantitative estimate of drug-likeness (QED) is 0.266. The largest absolute Gasteiger partial charge is 0.304 e. The number of benzene rings is 1. The minimum atomic E-state index is -1.87. The molecule has 0 N–H and O–H groups in total. The molecular weight excluding hydrogens is 439 g/mol. The van der Waals surface area contributed by atoms with E-state index in [0.717, 1.165) is 37.1 Å². The molecule has 0 radical (unpaired) electrons. The Kier molecular flexibility index (Phi) is 8.15. The predicted octanol–water partition coefficient (Wildman–Crippen LogP) is 6.63. The Balaban J connectivity index is 0.00000208. The van der Waals surface area contributed by atoms with Crippen LogP contribution in [0.2, 0.25) is 0 Å². The van der Waals surface area contributed by atoms with Crippen molar-refractivity contribution in [1.82, 2.24) is 0 Å². The van der Waals surface area contributed by atoms with Crippen molar-refractivity contribution in [3.63, 3.8) is 0 Å². The SMILES string of the molecule is Fc1cc(F)cc([P+]([CH-]Cl)(C2CCCCC2)C2CCCCC2)c1.[Pd]. The summed E-state index contributed by atoms with van der Waals surface area (Å²) < 4.78 is 27.9. The molecule has 2 saturated carbocycles. The summed E-state index contributed by atoms with van der Waals surface area (Å²) in [7, 11) is -1.87. The Morgan fingerprint density at radius 2 is 1.21 bits per heavy atom. The van der Waals surface area contributed by atoms with E-state index in [4.69, 9.17) is 11.6 Å². The molecule has 0 aliphatic heterocycles. The van der Waals surface area contributed by atoms with Crippen LogP contribution in [0.15, 0.2) is 18.2 Å². The van der Waals surface area contributed by atoms with Crippen LogP contribution in [0.25, 0.3) is 0 Å². The van der Waals surface area contributed by atoms with Gasteiger partial charge in [-0.05, 0) is 51.4 Å². The van der Waals surface area contributed by atoms with Crippen LogP contribution >= 0.6 is 18.9 Å².